The lowest BCUT2D eigenvalue weighted by molar-refractivity contribution is 0.306. The quantitative estimate of drug-likeness (QED) is 0.781. The summed E-state index contributed by atoms with van der Waals surface area (Å²) in [6, 6.07) is 2.67. The van der Waals surface area contributed by atoms with Crippen molar-refractivity contribution in [3.63, 3.8) is 0 Å². The van der Waals surface area contributed by atoms with Crippen molar-refractivity contribution in [2.24, 2.45) is 5.92 Å². The first-order valence-electron chi connectivity index (χ1n) is 5.54. The highest BCUT2D eigenvalue weighted by Gasteiger charge is 2.34. The van der Waals surface area contributed by atoms with E-state index in [1.807, 2.05) is 12.3 Å². The van der Waals surface area contributed by atoms with Gasteiger partial charge >= 0.3 is 0 Å². The summed E-state index contributed by atoms with van der Waals surface area (Å²) < 4.78 is 5.23. The highest BCUT2D eigenvalue weighted by Crippen LogP contribution is 2.36. The van der Waals surface area contributed by atoms with Gasteiger partial charge in [-0.05, 0) is 23.6 Å². The Morgan fingerprint density at radius 3 is 3.06 bits per heavy atom. The molecule has 16 heavy (non-hydrogen) atoms. The zero-order chi connectivity index (χ0) is 11.0. The van der Waals surface area contributed by atoms with Gasteiger partial charge in [0.2, 0.25) is 0 Å². The van der Waals surface area contributed by atoms with Gasteiger partial charge in [0.15, 0.2) is 0 Å². The summed E-state index contributed by atoms with van der Waals surface area (Å²) >= 11 is 0. The van der Waals surface area contributed by atoms with Crippen molar-refractivity contribution < 1.29 is 4.74 Å². The Morgan fingerprint density at radius 2 is 2.44 bits per heavy atom. The van der Waals surface area contributed by atoms with Crippen molar-refractivity contribution in [2.75, 3.05) is 6.54 Å². The molecule has 3 nitrogen and oxygen atoms in total. The molecule has 0 amide bonds. The molecule has 1 N–H and O–H groups in total. The molecule has 0 bridgehead atoms. The van der Waals surface area contributed by atoms with Crippen LogP contribution in [0.25, 0.3) is 5.57 Å². The van der Waals surface area contributed by atoms with Gasteiger partial charge in [-0.25, -0.2) is 0 Å². The molecule has 1 aromatic heterocycles. The first-order chi connectivity index (χ1) is 7.86. The second kappa shape index (κ2) is 3.76. The maximum atomic E-state index is 5.23. The molecular formula is C13H14N2O. The molecule has 1 saturated heterocycles. The fourth-order valence-electron chi connectivity index (χ4n) is 2.35. The number of rotatable bonds is 3. The molecule has 1 fully saturated rings. The highest BCUT2D eigenvalue weighted by molar-refractivity contribution is 5.69. The Morgan fingerprint density at radius 1 is 1.50 bits per heavy atom. The van der Waals surface area contributed by atoms with Gasteiger partial charge in [-0.2, -0.15) is 0 Å². The molecule has 3 rings (SSSR count). The van der Waals surface area contributed by atoms with Crippen molar-refractivity contribution in [1.29, 1.82) is 0 Å². The number of pyridine rings is 1. The smallest absolute Gasteiger partial charge is 0.145 e. The molecule has 2 heterocycles. The van der Waals surface area contributed by atoms with Gasteiger partial charge in [0, 0.05) is 24.7 Å². The number of hydrogen-bond acceptors (Lipinski definition) is 3. The molecule has 0 aromatic carbocycles. The van der Waals surface area contributed by atoms with E-state index < -0.39 is 0 Å². The van der Waals surface area contributed by atoms with E-state index in [9.17, 15) is 0 Å². The van der Waals surface area contributed by atoms with Gasteiger partial charge in [-0.3, -0.25) is 4.98 Å². The zero-order valence-electron chi connectivity index (χ0n) is 9.02. The molecule has 1 aliphatic carbocycles. The van der Waals surface area contributed by atoms with Gasteiger partial charge in [-0.1, -0.05) is 12.7 Å². The summed E-state index contributed by atoms with van der Waals surface area (Å²) in [5.41, 5.74) is 2.54. The van der Waals surface area contributed by atoms with Crippen molar-refractivity contribution in [3.8, 4) is 5.75 Å². The third-order valence-corrected chi connectivity index (χ3v) is 3.29. The van der Waals surface area contributed by atoms with E-state index in [0.29, 0.717) is 6.04 Å². The Balaban J connectivity index is 1.86. The minimum Gasteiger partial charge on any atom is -0.464 e. The summed E-state index contributed by atoms with van der Waals surface area (Å²) in [7, 11) is 0. The van der Waals surface area contributed by atoms with Crippen LogP contribution in [-0.2, 0) is 0 Å². The molecule has 1 aromatic rings. The molecule has 82 valence electrons. The molecular weight excluding hydrogens is 200 g/mol. The number of nitrogens with one attached hydrogen (secondary N) is 1. The lowest BCUT2D eigenvalue weighted by atomic mass is 9.95. The Labute approximate surface area is 94.8 Å². The standard InChI is InChI=1S/C13H14N2O/c1-2-16-12-4-10(6-14-8-12)9-3-11-7-15-13(11)5-9/h2-4,6,8,11,13,15H,1,5,7H2/t11-,13-/m0/s1. The first-order valence-corrected chi connectivity index (χ1v) is 5.54. The van der Waals surface area contributed by atoms with Crippen molar-refractivity contribution in [3.05, 3.63) is 42.9 Å². The van der Waals surface area contributed by atoms with Crippen molar-refractivity contribution >= 4 is 5.57 Å². The van der Waals surface area contributed by atoms with Crippen LogP contribution in [0.2, 0.25) is 0 Å². The van der Waals surface area contributed by atoms with E-state index in [2.05, 4.69) is 23.0 Å². The van der Waals surface area contributed by atoms with E-state index in [0.717, 1.165) is 30.2 Å². The van der Waals surface area contributed by atoms with Gasteiger partial charge in [0.05, 0.1) is 12.5 Å². The summed E-state index contributed by atoms with van der Waals surface area (Å²) in [6.07, 6.45) is 8.48. The predicted molar refractivity (Wildman–Crippen MR) is 62.9 cm³/mol. The maximum absolute atomic E-state index is 5.23. The molecule has 2 aliphatic rings. The highest BCUT2D eigenvalue weighted by atomic mass is 16.5. The fraction of sp³-hybridized carbons (Fsp3) is 0.308. The lowest BCUT2D eigenvalue weighted by Crippen LogP contribution is -2.49. The van der Waals surface area contributed by atoms with Crippen molar-refractivity contribution in [2.45, 2.75) is 12.5 Å². The minimum absolute atomic E-state index is 0.652. The number of nitrogens with zero attached hydrogens (tertiary/aromatic N) is 1. The van der Waals surface area contributed by atoms with Crippen LogP contribution in [0.3, 0.4) is 0 Å². The third-order valence-electron chi connectivity index (χ3n) is 3.29. The predicted octanol–water partition coefficient (Wildman–Crippen LogP) is 1.98. The fourth-order valence-corrected chi connectivity index (χ4v) is 2.35. The Kier molecular flexibility index (Phi) is 2.26. The van der Waals surface area contributed by atoms with Crippen LogP contribution in [0.5, 0.6) is 5.75 Å². The summed E-state index contributed by atoms with van der Waals surface area (Å²) in [5.74, 6) is 1.47. The lowest BCUT2D eigenvalue weighted by Gasteiger charge is -2.31. The Hall–Kier alpha value is -1.61. The van der Waals surface area contributed by atoms with E-state index in [1.54, 1.807) is 6.20 Å². The molecule has 1 aliphatic heterocycles. The maximum Gasteiger partial charge on any atom is 0.145 e. The number of hydrogen-bond donors (Lipinski definition) is 1. The average molecular weight is 214 g/mol. The molecule has 3 heteroatoms. The van der Waals surface area contributed by atoms with Gasteiger partial charge in [0.25, 0.3) is 0 Å². The molecule has 0 spiro atoms. The third kappa shape index (κ3) is 1.53. The summed E-state index contributed by atoms with van der Waals surface area (Å²) in [4.78, 5) is 4.18. The number of ether oxygens (including phenoxy) is 1. The van der Waals surface area contributed by atoms with E-state index >= 15 is 0 Å². The molecule has 0 saturated carbocycles. The number of fused-ring (bicyclic) bond motifs is 1. The van der Waals surface area contributed by atoms with Crippen LogP contribution >= 0.6 is 0 Å². The second-order valence-corrected chi connectivity index (χ2v) is 4.27. The molecule has 2 atom stereocenters. The van der Waals surface area contributed by atoms with E-state index in [1.165, 1.54) is 11.8 Å². The van der Waals surface area contributed by atoms with Crippen LogP contribution in [-0.4, -0.2) is 17.6 Å². The van der Waals surface area contributed by atoms with Gasteiger partial charge < -0.3 is 10.1 Å². The minimum atomic E-state index is 0.652. The van der Waals surface area contributed by atoms with Crippen LogP contribution in [0.1, 0.15) is 12.0 Å². The Bertz CT molecular complexity index is 453. The van der Waals surface area contributed by atoms with Gasteiger partial charge in [-0.15, -0.1) is 0 Å². The monoisotopic (exact) mass is 214 g/mol. The second-order valence-electron chi connectivity index (χ2n) is 4.27. The average Bonchev–Trinajstić information content (AvgIpc) is 2.56. The normalized spacial score (nSPS) is 26.6. The van der Waals surface area contributed by atoms with Crippen LogP contribution in [0, 0.1) is 5.92 Å². The van der Waals surface area contributed by atoms with E-state index in [4.69, 9.17) is 4.74 Å². The summed E-state index contributed by atoms with van der Waals surface area (Å²) in [6.45, 7) is 4.66. The summed E-state index contributed by atoms with van der Waals surface area (Å²) in [5, 5.41) is 3.43. The van der Waals surface area contributed by atoms with Gasteiger partial charge in [0.1, 0.15) is 5.75 Å². The zero-order valence-corrected chi connectivity index (χ0v) is 9.02. The number of aromatic nitrogens is 1. The van der Waals surface area contributed by atoms with Crippen molar-refractivity contribution in [1.82, 2.24) is 10.3 Å². The first kappa shape index (κ1) is 9.60. The SMILES string of the molecule is C=COc1cncc(C2=C[C@H]3CN[C@H]3C2)c1. The van der Waals surface area contributed by atoms with E-state index in [-0.39, 0.29) is 0 Å². The van der Waals surface area contributed by atoms with Crippen LogP contribution in [0.4, 0.5) is 0 Å². The molecule has 0 unspecified atom stereocenters. The largest absolute Gasteiger partial charge is 0.464 e. The topological polar surface area (TPSA) is 34.1 Å². The van der Waals surface area contributed by atoms with Crippen LogP contribution < -0.4 is 10.1 Å². The van der Waals surface area contributed by atoms with Crippen LogP contribution in [0.15, 0.2) is 37.4 Å². The molecule has 0 radical (unpaired) electrons.